The van der Waals surface area contributed by atoms with Crippen LogP contribution >= 0.6 is 0 Å². The number of aryl methyl sites for hydroxylation is 1. The lowest BCUT2D eigenvalue weighted by atomic mass is 10.0. The molecule has 0 saturated carbocycles. The monoisotopic (exact) mass is 538 g/mol. The van der Waals surface area contributed by atoms with Crippen molar-refractivity contribution in [3.63, 3.8) is 0 Å². The van der Waals surface area contributed by atoms with E-state index in [9.17, 15) is 0 Å². The first-order valence-corrected chi connectivity index (χ1v) is 13.1. The number of hydrogen-bond acceptors (Lipinski definition) is 7. The van der Waals surface area contributed by atoms with E-state index in [2.05, 4.69) is 27.0 Å². The van der Waals surface area contributed by atoms with E-state index in [1.165, 1.54) is 0 Å². The Kier molecular flexibility index (Phi) is 6.99. The van der Waals surface area contributed by atoms with Gasteiger partial charge in [-0.15, -0.1) is 0 Å². The van der Waals surface area contributed by atoms with Gasteiger partial charge in [-0.25, -0.2) is 4.98 Å². The van der Waals surface area contributed by atoms with Crippen LogP contribution in [0.3, 0.4) is 0 Å². The molecular weight excluding hydrogens is 512 g/mol. The van der Waals surface area contributed by atoms with Crippen molar-refractivity contribution in [1.82, 2.24) is 19.5 Å². The predicted molar refractivity (Wildman–Crippen MR) is 159 cm³/mol. The minimum Gasteiger partial charge on any atom is -0.497 e. The van der Waals surface area contributed by atoms with Crippen LogP contribution in [0.5, 0.6) is 17.4 Å². The molecule has 0 fully saturated rings. The van der Waals surface area contributed by atoms with Gasteiger partial charge in [-0.2, -0.15) is 10.2 Å². The van der Waals surface area contributed by atoms with Crippen molar-refractivity contribution < 1.29 is 9.47 Å². The van der Waals surface area contributed by atoms with Gasteiger partial charge < -0.3 is 19.4 Å². The number of nitrogens with one attached hydrogen (secondary N) is 1. The van der Waals surface area contributed by atoms with Gasteiger partial charge in [-0.05, 0) is 95.9 Å². The third-order valence-corrected chi connectivity index (χ3v) is 6.76. The van der Waals surface area contributed by atoms with Crippen LogP contribution in [-0.2, 0) is 6.54 Å². The molecule has 0 unspecified atom stereocenters. The van der Waals surface area contributed by atoms with Crippen molar-refractivity contribution in [2.45, 2.75) is 13.5 Å². The van der Waals surface area contributed by atoms with Crippen molar-refractivity contribution in [2.75, 3.05) is 12.4 Å². The second kappa shape index (κ2) is 11.2. The Morgan fingerprint density at radius 1 is 0.878 bits per heavy atom. The maximum atomic E-state index is 9.13. The number of nitrogens with zero attached hydrogens (tertiary/aromatic N) is 5. The quantitative estimate of drug-likeness (QED) is 0.218. The summed E-state index contributed by atoms with van der Waals surface area (Å²) in [5.74, 6) is 2.34. The molecular formula is C33H26N6O2. The Bertz CT molecular complexity index is 1860. The van der Waals surface area contributed by atoms with Crippen molar-refractivity contribution in [3.05, 3.63) is 120 Å². The summed E-state index contributed by atoms with van der Waals surface area (Å²) in [6.07, 6.45) is 5.56. The van der Waals surface area contributed by atoms with Crippen LogP contribution in [-0.4, -0.2) is 26.6 Å². The molecule has 1 N–H and O–H groups in total. The summed E-state index contributed by atoms with van der Waals surface area (Å²) in [5.41, 5.74) is 7.11. The molecule has 0 radical (unpaired) electrons. The summed E-state index contributed by atoms with van der Waals surface area (Å²) < 4.78 is 13.9. The average Bonchev–Trinajstić information content (AvgIpc) is 3.42. The van der Waals surface area contributed by atoms with Crippen molar-refractivity contribution >= 4 is 22.7 Å². The number of aromatic nitrogens is 4. The molecule has 0 aliphatic heterocycles. The number of fused-ring (bicyclic) bond motifs is 1. The number of pyridine rings is 1. The molecule has 0 spiro atoms. The van der Waals surface area contributed by atoms with Crippen molar-refractivity contribution in [2.24, 2.45) is 0 Å². The van der Waals surface area contributed by atoms with Gasteiger partial charge in [0, 0.05) is 30.8 Å². The number of benzene rings is 3. The molecule has 0 bridgehead atoms. The van der Waals surface area contributed by atoms with Crippen LogP contribution in [0.25, 0.3) is 22.2 Å². The fourth-order valence-corrected chi connectivity index (χ4v) is 4.61. The highest BCUT2D eigenvalue weighted by molar-refractivity contribution is 5.83. The second-order valence-electron chi connectivity index (χ2n) is 9.51. The van der Waals surface area contributed by atoms with Crippen molar-refractivity contribution in [3.8, 4) is 34.6 Å². The lowest BCUT2D eigenvalue weighted by molar-refractivity contribution is 0.414. The van der Waals surface area contributed by atoms with Crippen LogP contribution in [0.2, 0.25) is 0 Å². The molecule has 0 aliphatic rings. The molecule has 41 heavy (non-hydrogen) atoms. The summed E-state index contributed by atoms with van der Waals surface area (Å²) in [6, 6.07) is 29.2. The van der Waals surface area contributed by atoms with Gasteiger partial charge in [-0.1, -0.05) is 18.2 Å². The highest BCUT2D eigenvalue weighted by Crippen LogP contribution is 2.34. The fraction of sp³-hybridized carbons (Fsp3) is 0.0909. The topological polar surface area (TPSA) is 97.9 Å². The van der Waals surface area contributed by atoms with E-state index >= 15 is 0 Å². The third-order valence-electron chi connectivity index (χ3n) is 6.76. The van der Waals surface area contributed by atoms with Gasteiger partial charge in [0.05, 0.1) is 24.3 Å². The van der Waals surface area contributed by atoms with E-state index < -0.39 is 0 Å². The zero-order chi connectivity index (χ0) is 28.2. The summed E-state index contributed by atoms with van der Waals surface area (Å²) in [4.78, 5) is 13.7. The number of methoxy groups -OCH3 is 1. The average molecular weight is 539 g/mol. The number of hydrogen-bond donors (Lipinski definition) is 1. The smallest absolute Gasteiger partial charge is 0.249 e. The number of ether oxygens (including phenoxy) is 2. The molecule has 8 heteroatoms. The molecule has 0 atom stereocenters. The third kappa shape index (κ3) is 5.56. The van der Waals surface area contributed by atoms with Gasteiger partial charge in [0.15, 0.2) is 0 Å². The Morgan fingerprint density at radius 3 is 2.37 bits per heavy atom. The molecule has 6 rings (SSSR count). The summed E-state index contributed by atoms with van der Waals surface area (Å²) in [7, 11) is 1.66. The van der Waals surface area contributed by atoms with Crippen LogP contribution in [0.1, 0.15) is 16.7 Å². The van der Waals surface area contributed by atoms with Gasteiger partial charge in [0.25, 0.3) is 0 Å². The molecule has 0 amide bonds. The summed E-state index contributed by atoms with van der Waals surface area (Å²) in [6.45, 7) is 2.63. The molecule has 3 heterocycles. The van der Waals surface area contributed by atoms with Gasteiger partial charge >= 0.3 is 0 Å². The van der Waals surface area contributed by atoms with Gasteiger partial charge in [0.1, 0.15) is 17.0 Å². The van der Waals surface area contributed by atoms with E-state index in [4.69, 9.17) is 24.7 Å². The SMILES string of the molecule is COc1ccc(Cn2ccc3nc(Nc4ccc(C#N)cc4)nc(Oc4ccc(-c5ccncc5)cc4C)c32)cc1. The first kappa shape index (κ1) is 25.6. The second-order valence-corrected chi connectivity index (χ2v) is 9.51. The lowest BCUT2D eigenvalue weighted by Crippen LogP contribution is -2.04. The standard InChI is InChI=1S/C33H26N6O2/c1-22-19-26(25-13-16-35-17-14-25)7-12-30(22)41-32-31-29(15-18-39(31)21-24-5-10-28(40-2)11-6-24)37-33(38-32)36-27-8-3-23(20-34)4-9-27/h3-19H,21H2,1-2H3,(H,36,37,38). The fourth-order valence-electron chi connectivity index (χ4n) is 4.61. The van der Waals surface area contributed by atoms with E-state index in [0.717, 1.165) is 44.7 Å². The van der Waals surface area contributed by atoms with Crippen molar-refractivity contribution in [1.29, 1.82) is 5.26 Å². The molecule has 0 aliphatic carbocycles. The molecule has 0 saturated heterocycles. The number of anilines is 2. The highest BCUT2D eigenvalue weighted by Gasteiger charge is 2.17. The predicted octanol–water partition coefficient (Wildman–Crippen LogP) is 7.27. The van der Waals surface area contributed by atoms with E-state index in [0.29, 0.717) is 29.7 Å². The van der Waals surface area contributed by atoms with E-state index in [1.54, 1.807) is 31.6 Å². The normalized spacial score (nSPS) is 10.8. The minimum atomic E-state index is 0.394. The summed E-state index contributed by atoms with van der Waals surface area (Å²) >= 11 is 0. The molecule has 6 aromatic rings. The maximum Gasteiger partial charge on any atom is 0.249 e. The summed E-state index contributed by atoms with van der Waals surface area (Å²) in [5, 5.41) is 12.4. The zero-order valence-electron chi connectivity index (χ0n) is 22.6. The molecule has 3 aromatic carbocycles. The molecule has 8 nitrogen and oxygen atoms in total. The first-order valence-electron chi connectivity index (χ1n) is 13.1. The Morgan fingerprint density at radius 2 is 1.66 bits per heavy atom. The van der Waals surface area contributed by atoms with E-state index in [-0.39, 0.29) is 0 Å². The number of nitriles is 1. The van der Waals surface area contributed by atoms with Gasteiger partial charge in [-0.3, -0.25) is 4.98 Å². The number of rotatable bonds is 8. The maximum absolute atomic E-state index is 9.13. The van der Waals surface area contributed by atoms with Crippen LogP contribution in [0.4, 0.5) is 11.6 Å². The molecule has 3 aromatic heterocycles. The molecule has 200 valence electrons. The van der Waals surface area contributed by atoms with Gasteiger partial charge in [0.2, 0.25) is 11.8 Å². The van der Waals surface area contributed by atoms with Crippen LogP contribution < -0.4 is 14.8 Å². The zero-order valence-corrected chi connectivity index (χ0v) is 22.6. The van der Waals surface area contributed by atoms with Crippen LogP contribution in [0.15, 0.2) is 104 Å². The van der Waals surface area contributed by atoms with Crippen LogP contribution in [0, 0.1) is 18.3 Å². The van der Waals surface area contributed by atoms with E-state index in [1.807, 2.05) is 79.9 Å². The Labute approximate surface area is 237 Å². The highest BCUT2D eigenvalue weighted by atomic mass is 16.5. The minimum absolute atomic E-state index is 0.394. The Hall–Kier alpha value is -5.68. The lowest BCUT2D eigenvalue weighted by Gasteiger charge is -2.14. The first-order chi connectivity index (χ1) is 20.1. The Balaban J connectivity index is 1.38. The largest absolute Gasteiger partial charge is 0.497 e.